The number of piperazine rings is 1. The average molecular weight is 215 g/mol. The van der Waals surface area contributed by atoms with E-state index in [1.807, 2.05) is 0 Å². The van der Waals surface area contributed by atoms with Gasteiger partial charge in [-0.15, -0.1) is 0 Å². The van der Waals surface area contributed by atoms with Crippen molar-refractivity contribution in [1.82, 2.24) is 9.80 Å². The summed E-state index contributed by atoms with van der Waals surface area (Å²) < 4.78 is 5.14. The van der Waals surface area contributed by atoms with Crippen LogP contribution in [0.5, 0.6) is 0 Å². The fraction of sp³-hybridized carbons (Fsp3) is 1.00. The molecule has 0 aliphatic carbocycles. The van der Waals surface area contributed by atoms with Gasteiger partial charge in [0.2, 0.25) is 0 Å². The summed E-state index contributed by atoms with van der Waals surface area (Å²) in [5.74, 6) is 0. The molecule has 0 spiro atoms. The highest BCUT2D eigenvalue weighted by Gasteiger charge is 2.35. The standard InChI is InChI=1S/C11H25N3O/c1-11(2)9-14(5-6-15-4)10(7-12)8-13(11)3/h10H,5-9,12H2,1-4H3. The molecule has 15 heavy (non-hydrogen) atoms. The first kappa shape index (κ1) is 12.9. The van der Waals surface area contributed by atoms with Gasteiger partial charge < -0.3 is 10.5 Å². The maximum absolute atomic E-state index is 5.81. The van der Waals surface area contributed by atoms with Gasteiger partial charge in [0.05, 0.1) is 6.61 Å². The summed E-state index contributed by atoms with van der Waals surface area (Å²) >= 11 is 0. The molecule has 0 amide bonds. The van der Waals surface area contributed by atoms with E-state index in [4.69, 9.17) is 10.5 Å². The molecule has 1 aliphatic rings. The van der Waals surface area contributed by atoms with Crippen LogP contribution in [0.3, 0.4) is 0 Å². The summed E-state index contributed by atoms with van der Waals surface area (Å²) in [5.41, 5.74) is 6.04. The number of hydrogen-bond acceptors (Lipinski definition) is 4. The van der Waals surface area contributed by atoms with Crippen LogP contribution in [0.25, 0.3) is 0 Å². The van der Waals surface area contributed by atoms with Crippen LogP contribution in [-0.4, -0.2) is 68.3 Å². The Labute approximate surface area is 93.4 Å². The fourth-order valence-corrected chi connectivity index (χ4v) is 2.12. The summed E-state index contributed by atoms with van der Waals surface area (Å²) in [6.45, 7) is 9.16. The Kier molecular flexibility index (Phi) is 4.52. The Bertz CT molecular complexity index is 196. The Morgan fingerprint density at radius 3 is 2.67 bits per heavy atom. The number of nitrogens with two attached hydrogens (primary N) is 1. The van der Waals surface area contributed by atoms with Crippen LogP contribution in [0.4, 0.5) is 0 Å². The van der Waals surface area contributed by atoms with Gasteiger partial charge in [-0.05, 0) is 20.9 Å². The minimum Gasteiger partial charge on any atom is -0.383 e. The molecule has 0 aromatic rings. The minimum atomic E-state index is 0.236. The summed E-state index contributed by atoms with van der Waals surface area (Å²) in [5, 5.41) is 0. The smallest absolute Gasteiger partial charge is 0.0589 e. The molecule has 1 heterocycles. The number of rotatable bonds is 4. The van der Waals surface area contributed by atoms with E-state index in [1.165, 1.54) is 0 Å². The SMILES string of the molecule is COCCN1CC(C)(C)N(C)CC1CN. The van der Waals surface area contributed by atoms with E-state index in [-0.39, 0.29) is 5.54 Å². The zero-order valence-electron chi connectivity index (χ0n) is 10.5. The van der Waals surface area contributed by atoms with E-state index >= 15 is 0 Å². The third-order valence-electron chi connectivity index (χ3n) is 3.48. The van der Waals surface area contributed by atoms with Crippen LogP contribution in [0.2, 0.25) is 0 Å². The van der Waals surface area contributed by atoms with Crippen molar-refractivity contribution < 1.29 is 4.74 Å². The van der Waals surface area contributed by atoms with Crippen molar-refractivity contribution in [3.8, 4) is 0 Å². The summed E-state index contributed by atoms with van der Waals surface area (Å²) in [6.07, 6.45) is 0. The predicted molar refractivity (Wildman–Crippen MR) is 63.0 cm³/mol. The monoisotopic (exact) mass is 215 g/mol. The molecular formula is C11H25N3O. The second-order valence-electron chi connectivity index (χ2n) is 5.05. The topological polar surface area (TPSA) is 41.7 Å². The number of hydrogen-bond donors (Lipinski definition) is 1. The fourth-order valence-electron chi connectivity index (χ4n) is 2.12. The first-order chi connectivity index (χ1) is 7.01. The van der Waals surface area contributed by atoms with E-state index in [1.54, 1.807) is 7.11 Å². The van der Waals surface area contributed by atoms with Gasteiger partial charge in [0.1, 0.15) is 0 Å². The van der Waals surface area contributed by atoms with Gasteiger partial charge in [0.25, 0.3) is 0 Å². The largest absolute Gasteiger partial charge is 0.383 e. The summed E-state index contributed by atoms with van der Waals surface area (Å²) in [6, 6.07) is 0.471. The van der Waals surface area contributed by atoms with E-state index < -0.39 is 0 Å². The van der Waals surface area contributed by atoms with Gasteiger partial charge in [0.15, 0.2) is 0 Å². The minimum absolute atomic E-state index is 0.236. The van der Waals surface area contributed by atoms with Gasteiger partial charge in [-0.3, -0.25) is 9.80 Å². The average Bonchev–Trinajstić information content (AvgIpc) is 2.19. The molecule has 1 saturated heterocycles. The molecule has 1 aliphatic heterocycles. The van der Waals surface area contributed by atoms with Crippen LogP contribution >= 0.6 is 0 Å². The second-order valence-corrected chi connectivity index (χ2v) is 5.05. The van der Waals surface area contributed by atoms with Crippen LogP contribution in [-0.2, 0) is 4.74 Å². The van der Waals surface area contributed by atoms with Crippen molar-refractivity contribution >= 4 is 0 Å². The van der Waals surface area contributed by atoms with Crippen molar-refractivity contribution in [2.45, 2.75) is 25.4 Å². The van der Waals surface area contributed by atoms with Crippen LogP contribution < -0.4 is 5.73 Å². The Hall–Kier alpha value is -0.160. The molecule has 1 atom stereocenters. The third-order valence-corrected chi connectivity index (χ3v) is 3.48. The first-order valence-corrected chi connectivity index (χ1v) is 5.65. The van der Waals surface area contributed by atoms with Gasteiger partial charge in [-0.25, -0.2) is 0 Å². The highest BCUT2D eigenvalue weighted by Crippen LogP contribution is 2.21. The van der Waals surface area contributed by atoms with E-state index in [0.717, 1.165) is 32.8 Å². The molecule has 2 N–H and O–H groups in total. The number of methoxy groups -OCH3 is 1. The molecule has 90 valence electrons. The molecule has 4 heteroatoms. The van der Waals surface area contributed by atoms with Crippen LogP contribution in [0, 0.1) is 0 Å². The lowest BCUT2D eigenvalue weighted by Gasteiger charge is -2.49. The van der Waals surface area contributed by atoms with Gasteiger partial charge in [0, 0.05) is 44.9 Å². The van der Waals surface area contributed by atoms with Crippen LogP contribution in [0.1, 0.15) is 13.8 Å². The van der Waals surface area contributed by atoms with Gasteiger partial charge in [-0.2, -0.15) is 0 Å². The maximum Gasteiger partial charge on any atom is 0.0589 e. The van der Waals surface area contributed by atoms with Gasteiger partial charge >= 0.3 is 0 Å². The number of likely N-dealkylation sites (N-methyl/N-ethyl adjacent to an activating group) is 1. The van der Waals surface area contributed by atoms with Crippen molar-refractivity contribution in [1.29, 1.82) is 0 Å². The second kappa shape index (κ2) is 5.25. The van der Waals surface area contributed by atoms with Crippen molar-refractivity contribution in [3.63, 3.8) is 0 Å². The molecule has 4 nitrogen and oxygen atoms in total. The lowest BCUT2D eigenvalue weighted by Crippen LogP contribution is -2.64. The van der Waals surface area contributed by atoms with E-state index in [0.29, 0.717) is 6.04 Å². The quantitative estimate of drug-likeness (QED) is 0.716. The number of nitrogens with zero attached hydrogens (tertiary/aromatic N) is 2. The lowest BCUT2D eigenvalue weighted by molar-refractivity contribution is -0.00860. The summed E-state index contributed by atoms with van der Waals surface area (Å²) in [7, 11) is 3.93. The first-order valence-electron chi connectivity index (χ1n) is 5.65. The zero-order valence-corrected chi connectivity index (χ0v) is 10.5. The molecule has 1 rings (SSSR count). The molecule has 0 saturated carbocycles. The highest BCUT2D eigenvalue weighted by molar-refractivity contribution is 4.93. The molecule has 0 aromatic heterocycles. The molecule has 0 radical (unpaired) electrons. The third kappa shape index (κ3) is 3.14. The molecular weight excluding hydrogens is 190 g/mol. The molecule has 0 bridgehead atoms. The Balaban J connectivity index is 2.58. The van der Waals surface area contributed by atoms with Crippen molar-refractivity contribution in [2.24, 2.45) is 5.73 Å². The molecule has 1 fully saturated rings. The van der Waals surface area contributed by atoms with Crippen LogP contribution in [0.15, 0.2) is 0 Å². The molecule has 1 unspecified atom stereocenters. The van der Waals surface area contributed by atoms with E-state index in [9.17, 15) is 0 Å². The zero-order chi connectivity index (χ0) is 11.5. The van der Waals surface area contributed by atoms with Gasteiger partial charge in [-0.1, -0.05) is 0 Å². The lowest BCUT2D eigenvalue weighted by atomic mass is 9.96. The predicted octanol–water partition coefficient (Wildman–Crippen LogP) is -0.0139. The molecule has 0 aromatic carbocycles. The summed E-state index contributed by atoms with van der Waals surface area (Å²) in [4.78, 5) is 4.84. The van der Waals surface area contributed by atoms with E-state index in [2.05, 4.69) is 30.7 Å². The number of ether oxygens (including phenoxy) is 1. The Morgan fingerprint density at radius 2 is 2.13 bits per heavy atom. The highest BCUT2D eigenvalue weighted by atomic mass is 16.5. The maximum atomic E-state index is 5.81. The normalized spacial score (nSPS) is 28.2. The van der Waals surface area contributed by atoms with Crippen molar-refractivity contribution in [3.05, 3.63) is 0 Å². The van der Waals surface area contributed by atoms with Crippen molar-refractivity contribution in [2.75, 3.05) is 46.9 Å². The Morgan fingerprint density at radius 1 is 1.47 bits per heavy atom.